The van der Waals surface area contributed by atoms with Crippen LogP contribution in [0.2, 0.25) is 0 Å². The van der Waals surface area contributed by atoms with E-state index in [1.165, 1.54) is 0 Å². The predicted octanol–water partition coefficient (Wildman–Crippen LogP) is 3.19. The van der Waals surface area contributed by atoms with Crippen LogP contribution in [0.25, 0.3) is 0 Å². The lowest BCUT2D eigenvalue weighted by Crippen LogP contribution is -2.11. The first-order valence-electron chi connectivity index (χ1n) is 6.41. The van der Waals surface area contributed by atoms with E-state index >= 15 is 0 Å². The molecule has 0 fully saturated rings. The van der Waals surface area contributed by atoms with Gasteiger partial charge in [-0.15, -0.1) is 0 Å². The summed E-state index contributed by atoms with van der Waals surface area (Å²) >= 11 is 0. The SMILES string of the molecule is COc1ccc(C(=O)[C@@H](C#N)c2cccc(OC)c2)cc1. The van der Waals surface area contributed by atoms with Gasteiger partial charge >= 0.3 is 0 Å². The minimum Gasteiger partial charge on any atom is -0.497 e. The molecule has 4 nitrogen and oxygen atoms in total. The summed E-state index contributed by atoms with van der Waals surface area (Å²) in [7, 11) is 3.11. The zero-order chi connectivity index (χ0) is 15.2. The summed E-state index contributed by atoms with van der Waals surface area (Å²) in [5.41, 5.74) is 1.10. The van der Waals surface area contributed by atoms with E-state index < -0.39 is 5.92 Å². The van der Waals surface area contributed by atoms with Gasteiger partial charge in [0, 0.05) is 5.56 Å². The molecule has 0 heterocycles. The normalized spacial score (nSPS) is 11.3. The summed E-state index contributed by atoms with van der Waals surface area (Å²) < 4.78 is 10.2. The van der Waals surface area contributed by atoms with E-state index in [-0.39, 0.29) is 5.78 Å². The third-order valence-electron chi connectivity index (χ3n) is 3.19. The Morgan fingerprint density at radius 1 is 1.05 bits per heavy atom. The fourth-order valence-corrected chi connectivity index (χ4v) is 2.03. The van der Waals surface area contributed by atoms with Crippen molar-refractivity contribution >= 4 is 5.78 Å². The number of ketones is 1. The number of carbonyl (C=O) groups excluding carboxylic acids is 1. The molecule has 0 saturated carbocycles. The van der Waals surface area contributed by atoms with E-state index in [2.05, 4.69) is 6.07 Å². The Morgan fingerprint density at radius 3 is 2.29 bits per heavy atom. The van der Waals surface area contributed by atoms with E-state index in [1.54, 1.807) is 62.8 Å². The molecule has 0 aliphatic rings. The van der Waals surface area contributed by atoms with Crippen molar-refractivity contribution in [1.29, 1.82) is 5.26 Å². The first-order chi connectivity index (χ1) is 10.2. The molecule has 4 heteroatoms. The van der Waals surface area contributed by atoms with E-state index in [0.29, 0.717) is 22.6 Å². The first-order valence-corrected chi connectivity index (χ1v) is 6.41. The molecular weight excluding hydrogens is 266 g/mol. The highest BCUT2D eigenvalue weighted by atomic mass is 16.5. The minimum absolute atomic E-state index is 0.242. The van der Waals surface area contributed by atoms with Crippen LogP contribution in [-0.2, 0) is 0 Å². The lowest BCUT2D eigenvalue weighted by Gasteiger charge is -2.10. The molecule has 21 heavy (non-hydrogen) atoms. The average molecular weight is 281 g/mol. The van der Waals surface area contributed by atoms with Gasteiger partial charge in [-0.1, -0.05) is 12.1 Å². The number of Topliss-reactive ketones (excluding diaryl/α,β-unsaturated/α-hetero) is 1. The minimum atomic E-state index is -0.853. The van der Waals surface area contributed by atoms with Gasteiger partial charge in [-0.25, -0.2) is 0 Å². The largest absolute Gasteiger partial charge is 0.497 e. The Labute approximate surface area is 123 Å². The van der Waals surface area contributed by atoms with Gasteiger partial charge < -0.3 is 9.47 Å². The highest BCUT2D eigenvalue weighted by Gasteiger charge is 2.22. The monoisotopic (exact) mass is 281 g/mol. The molecule has 0 aromatic heterocycles. The maximum absolute atomic E-state index is 12.5. The van der Waals surface area contributed by atoms with Gasteiger partial charge in [0.15, 0.2) is 5.78 Å². The summed E-state index contributed by atoms with van der Waals surface area (Å²) in [6, 6.07) is 15.8. The van der Waals surface area contributed by atoms with Crippen LogP contribution in [0.4, 0.5) is 0 Å². The van der Waals surface area contributed by atoms with Crippen LogP contribution in [0.15, 0.2) is 48.5 Å². The van der Waals surface area contributed by atoms with Crippen molar-refractivity contribution in [3.8, 4) is 17.6 Å². The summed E-state index contributed by atoms with van der Waals surface area (Å²) in [6.07, 6.45) is 0. The molecule has 0 N–H and O–H groups in total. The number of methoxy groups -OCH3 is 2. The summed E-state index contributed by atoms with van der Waals surface area (Å²) in [5, 5.41) is 9.34. The van der Waals surface area contributed by atoms with Gasteiger partial charge in [0.05, 0.1) is 20.3 Å². The zero-order valence-electron chi connectivity index (χ0n) is 11.9. The van der Waals surface area contributed by atoms with Crippen molar-refractivity contribution in [2.75, 3.05) is 14.2 Å². The number of rotatable bonds is 5. The number of hydrogen-bond acceptors (Lipinski definition) is 4. The molecule has 2 aromatic rings. The van der Waals surface area contributed by atoms with Crippen LogP contribution in [-0.4, -0.2) is 20.0 Å². The van der Waals surface area contributed by atoms with Crippen molar-refractivity contribution in [3.05, 3.63) is 59.7 Å². The standard InChI is InChI=1S/C17H15NO3/c1-20-14-8-6-12(7-9-14)17(19)16(11-18)13-4-3-5-15(10-13)21-2/h3-10,16H,1-2H3/t16-/m0/s1. The molecule has 0 bridgehead atoms. The highest BCUT2D eigenvalue weighted by molar-refractivity contribution is 6.02. The topological polar surface area (TPSA) is 59.3 Å². The summed E-state index contributed by atoms with van der Waals surface area (Å²) in [4.78, 5) is 12.5. The van der Waals surface area contributed by atoms with Crippen LogP contribution >= 0.6 is 0 Å². The maximum atomic E-state index is 12.5. The molecule has 0 radical (unpaired) electrons. The van der Waals surface area contributed by atoms with Crippen LogP contribution in [0.5, 0.6) is 11.5 Å². The first kappa shape index (κ1) is 14.6. The Morgan fingerprint density at radius 2 is 1.71 bits per heavy atom. The molecule has 0 amide bonds. The van der Waals surface area contributed by atoms with Crippen molar-refractivity contribution in [2.45, 2.75) is 5.92 Å². The lowest BCUT2D eigenvalue weighted by atomic mass is 9.92. The Hall–Kier alpha value is -2.80. The molecule has 2 aromatic carbocycles. The number of carbonyl (C=O) groups is 1. The molecule has 1 atom stereocenters. The van der Waals surface area contributed by atoms with Crippen LogP contribution in [0.3, 0.4) is 0 Å². The van der Waals surface area contributed by atoms with Crippen LogP contribution in [0, 0.1) is 11.3 Å². The number of hydrogen-bond donors (Lipinski definition) is 0. The molecular formula is C17H15NO3. The zero-order valence-corrected chi connectivity index (χ0v) is 11.9. The van der Waals surface area contributed by atoms with Gasteiger partial charge in [-0.2, -0.15) is 5.26 Å². The quantitative estimate of drug-likeness (QED) is 0.790. The number of benzene rings is 2. The number of nitrogens with zero attached hydrogens (tertiary/aromatic N) is 1. The molecule has 0 saturated heterocycles. The summed E-state index contributed by atoms with van der Waals surface area (Å²) in [5.74, 6) is 0.193. The van der Waals surface area contributed by atoms with E-state index in [4.69, 9.17) is 9.47 Å². The van der Waals surface area contributed by atoms with Gasteiger partial charge in [0.1, 0.15) is 17.4 Å². The highest BCUT2D eigenvalue weighted by Crippen LogP contribution is 2.24. The third kappa shape index (κ3) is 3.21. The Balaban J connectivity index is 2.31. The fraction of sp³-hybridized carbons (Fsp3) is 0.176. The average Bonchev–Trinajstić information content (AvgIpc) is 2.55. The van der Waals surface area contributed by atoms with E-state index in [1.807, 2.05) is 0 Å². The van der Waals surface area contributed by atoms with E-state index in [0.717, 1.165) is 0 Å². The lowest BCUT2D eigenvalue weighted by molar-refractivity contribution is 0.0979. The van der Waals surface area contributed by atoms with Gasteiger partial charge in [0.25, 0.3) is 0 Å². The van der Waals surface area contributed by atoms with Crippen LogP contribution < -0.4 is 9.47 Å². The van der Waals surface area contributed by atoms with E-state index in [9.17, 15) is 10.1 Å². The third-order valence-corrected chi connectivity index (χ3v) is 3.19. The number of nitriles is 1. The summed E-state index contributed by atoms with van der Waals surface area (Å²) in [6.45, 7) is 0. The van der Waals surface area contributed by atoms with Gasteiger partial charge in [0.2, 0.25) is 0 Å². The molecule has 106 valence electrons. The number of ether oxygens (including phenoxy) is 2. The molecule has 2 rings (SSSR count). The molecule has 0 spiro atoms. The van der Waals surface area contributed by atoms with Crippen molar-refractivity contribution in [1.82, 2.24) is 0 Å². The second-order valence-corrected chi connectivity index (χ2v) is 4.43. The van der Waals surface area contributed by atoms with Crippen LogP contribution in [0.1, 0.15) is 21.8 Å². The van der Waals surface area contributed by atoms with Crippen molar-refractivity contribution < 1.29 is 14.3 Å². The van der Waals surface area contributed by atoms with Gasteiger partial charge in [-0.05, 0) is 42.0 Å². The second-order valence-electron chi connectivity index (χ2n) is 4.43. The molecule has 0 unspecified atom stereocenters. The maximum Gasteiger partial charge on any atom is 0.184 e. The predicted molar refractivity (Wildman–Crippen MR) is 78.7 cm³/mol. The smallest absolute Gasteiger partial charge is 0.184 e. The Kier molecular flexibility index (Phi) is 4.57. The van der Waals surface area contributed by atoms with Crippen molar-refractivity contribution in [3.63, 3.8) is 0 Å². The molecule has 0 aliphatic heterocycles. The second kappa shape index (κ2) is 6.58. The van der Waals surface area contributed by atoms with Crippen molar-refractivity contribution in [2.24, 2.45) is 0 Å². The Bertz CT molecular complexity index is 671. The fourth-order valence-electron chi connectivity index (χ4n) is 2.03. The molecule has 0 aliphatic carbocycles. The van der Waals surface area contributed by atoms with Gasteiger partial charge in [-0.3, -0.25) is 4.79 Å².